The molecule has 4 heteroatoms. The van der Waals surface area contributed by atoms with E-state index in [1.807, 2.05) is 0 Å². The lowest BCUT2D eigenvalue weighted by Gasteiger charge is -2.12. The number of aryl methyl sites for hydroxylation is 1. The van der Waals surface area contributed by atoms with Crippen LogP contribution in [0.25, 0.3) is 0 Å². The van der Waals surface area contributed by atoms with Gasteiger partial charge >= 0.3 is 0 Å². The number of aromatic amines is 1. The molecular formula is C7H7FN2O. The molecule has 0 radical (unpaired) electrons. The lowest BCUT2D eigenvalue weighted by atomic mass is 9.96. The molecule has 1 atom stereocenters. The molecule has 1 aromatic rings. The van der Waals surface area contributed by atoms with E-state index >= 15 is 0 Å². The van der Waals surface area contributed by atoms with Crippen LogP contribution in [0.4, 0.5) is 4.39 Å². The highest BCUT2D eigenvalue weighted by Gasteiger charge is 2.28. The molecule has 1 aliphatic carbocycles. The van der Waals surface area contributed by atoms with E-state index in [4.69, 9.17) is 0 Å². The number of aromatic nitrogens is 2. The van der Waals surface area contributed by atoms with Gasteiger partial charge in [0.15, 0.2) is 6.17 Å². The topological polar surface area (TPSA) is 45.8 Å². The Hall–Kier alpha value is -1.19. The lowest BCUT2D eigenvalue weighted by Crippen LogP contribution is -2.23. The highest BCUT2D eigenvalue weighted by Crippen LogP contribution is 2.20. The molecule has 58 valence electrons. The zero-order valence-corrected chi connectivity index (χ0v) is 5.80. The molecule has 0 aromatic carbocycles. The number of halogens is 1. The normalized spacial score (nSPS) is 23.4. The first-order valence-corrected chi connectivity index (χ1v) is 3.49. The van der Waals surface area contributed by atoms with Crippen molar-refractivity contribution >= 4 is 5.78 Å². The largest absolute Gasteiger partial charge is 0.289 e. The van der Waals surface area contributed by atoms with Crippen LogP contribution in [0.1, 0.15) is 22.5 Å². The number of Topliss-reactive ketones (excluding diaryl/α,β-unsaturated/α-hetero) is 1. The van der Waals surface area contributed by atoms with Crippen LogP contribution in [-0.4, -0.2) is 22.2 Å². The maximum Gasteiger partial charge on any atom is 0.214 e. The number of ketones is 1. The summed E-state index contributed by atoms with van der Waals surface area (Å²) in [5.41, 5.74) is 1.19. The van der Waals surface area contributed by atoms with E-state index in [1.165, 1.54) is 0 Å². The van der Waals surface area contributed by atoms with Crippen LogP contribution in [0.15, 0.2) is 6.20 Å². The Bertz CT molecular complexity index is 294. The third-order valence-electron chi connectivity index (χ3n) is 1.92. The maximum absolute atomic E-state index is 12.7. The summed E-state index contributed by atoms with van der Waals surface area (Å²) in [6, 6.07) is 0. The van der Waals surface area contributed by atoms with E-state index in [2.05, 4.69) is 10.2 Å². The number of fused-ring (bicyclic) bond motifs is 1. The Kier molecular flexibility index (Phi) is 1.27. The summed E-state index contributed by atoms with van der Waals surface area (Å²) >= 11 is 0. The fourth-order valence-electron chi connectivity index (χ4n) is 1.28. The molecule has 0 saturated carbocycles. The van der Waals surface area contributed by atoms with Crippen molar-refractivity contribution in [1.29, 1.82) is 0 Å². The first-order chi connectivity index (χ1) is 5.29. The summed E-state index contributed by atoms with van der Waals surface area (Å²) in [4.78, 5) is 11.0. The van der Waals surface area contributed by atoms with Crippen LogP contribution in [-0.2, 0) is 6.42 Å². The summed E-state index contributed by atoms with van der Waals surface area (Å²) in [6.07, 6.45) is 1.16. The van der Waals surface area contributed by atoms with Crippen LogP contribution in [0.5, 0.6) is 0 Å². The van der Waals surface area contributed by atoms with Gasteiger partial charge in [-0.1, -0.05) is 0 Å². The third kappa shape index (κ3) is 0.859. The highest BCUT2D eigenvalue weighted by atomic mass is 19.1. The number of nitrogens with one attached hydrogen (secondary N) is 1. The van der Waals surface area contributed by atoms with E-state index < -0.39 is 12.0 Å². The first-order valence-electron chi connectivity index (χ1n) is 3.49. The molecule has 1 unspecified atom stereocenters. The Labute approximate surface area is 62.6 Å². The second-order valence-corrected chi connectivity index (χ2v) is 2.64. The summed E-state index contributed by atoms with van der Waals surface area (Å²) in [7, 11) is 0. The quantitative estimate of drug-likeness (QED) is 0.602. The minimum absolute atomic E-state index is 0.297. The molecule has 0 amide bonds. The van der Waals surface area contributed by atoms with Crippen LogP contribution in [0.2, 0.25) is 0 Å². The average molecular weight is 154 g/mol. The monoisotopic (exact) mass is 154 g/mol. The Balaban J connectivity index is 2.46. The molecule has 1 aliphatic rings. The van der Waals surface area contributed by atoms with Gasteiger partial charge in [-0.05, 0) is 12.8 Å². The van der Waals surface area contributed by atoms with E-state index in [1.54, 1.807) is 6.20 Å². The number of rotatable bonds is 0. The molecule has 2 rings (SSSR count). The number of H-pyrrole nitrogens is 1. The van der Waals surface area contributed by atoms with Crippen LogP contribution < -0.4 is 0 Å². The van der Waals surface area contributed by atoms with E-state index in [0.29, 0.717) is 18.5 Å². The number of carbonyl (C=O) groups is 1. The minimum Gasteiger partial charge on any atom is -0.289 e. The second kappa shape index (κ2) is 2.15. The van der Waals surface area contributed by atoms with Gasteiger partial charge in [-0.2, -0.15) is 5.10 Å². The van der Waals surface area contributed by atoms with E-state index in [-0.39, 0.29) is 0 Å². The van der Waals surface area contributed by atoms with Crippen molar-refractivity contribution in [2.75, 3.05) is 0 Å². The van der Waals surface area contributed by atoms with Gasteiger partial charge < -0.3 is 0 Å². The number of hydrogen-bond acceptors (Lipinski definition) is 2. The van der Waals surface area contributed by atoms with Crippen molar-refractivity contribution in [3.05, 3.63) is 17.5 Å². The average Bonchev–Trinajstić information content (AvgIpc) is 2.45. The van der Waals surface area contributed by atoms with Crippen LogP contribution in [0.3, 0.4) is 0 Å². The molecule has 0 bridgehead atoms. The zero-order chi connectivity index (χ0) is 7.84. The highest BCUT2D eigenvalue weighted by molar-refractivity contribution is 5.99. The first kappa shape index (κ1) is 6.52. The maximum atomic E-state index is 12.7. The fraction of sp³-hybridized carbons (Fsp3) is 0.429. The zero-order valence-electron chi connectivity index (χ0n) is 5.80. The van der Waals surface area contributed by atoms with Crippen molar-refractivity contribution in [2.45, 2.75) is 19.0 Å². The Morgan fingerprint density at radius 2 is 2.55 bits per heavy atom. The van der Waals surface area contributed by atoms with E-state index in [9.17, 15) is 9.18 Å². The van der Waals surface area contributed by atoms with Crippen molar-refractivity contribution < 1.29 is 9.18 Å². The summed E-state index contributed by atoms with van der Waals surface area (Å²) in [6.45, 7) is 0. The SMILES string of the molecule is O=C1c2[nH]ncc2CCC1F. The van der Waals surface area contributed by atoms with Crippen molar-refractivity contribution in [3.63, 3.8) is 0 Å². The van der Waals surface area contributed by atoms with Gasteiger partial charge in [0.05, 0.1) is 6.20 Å². The predicted molar refractivity (Wildman–Crippen MR) is 36.1 cm³/mol. The summed E-state index contributed by atoms with van der Waals surface area (Å²) < 4.78 is 12.7. The van der Waals surface area contributed by atoms with E-state index in [0.717, 1.165) is 5.56 Å². The van der Waals surface area contributed by atoms with Crippen molar-refractivity contribution in [2.24, 2.45) is 0 Å². The Morgan fingerprint density at radius 1 is 1.73 bits per heavy atom. The van der Waals surface area contributed by atoms with Crippen molar-refractivity contribution in [3.8, 4) is 0 Å². The van der Waals surface area contributed by atoms with Gasteiger partial charge in [-0.15, -0.1) is 0 Å². The molecule has 11 heavy (non-hydrogen) atoms. The number of hydrogen-bond donors (Lipinski definition) is 1. The van der Waals surface area contributed by atoms with Crippen LogP contribution >= 0.6 is 0 Å². The van der Waals surface area contributed by atoms with Gasteiger partial charge in [-0.25, -0.2) is 4.39 Å². The molecule has 1 heterocycles. The number of alkyl halides is 1. The third-order valence-corrected chi connectivity index (χ3v) is 1.92. The molecule has 0 saturated heterocycles. The van der Waals surface area contributed by atoms with Gasteiger partial charge in [0.1, 0.15) is 5.69 Å². The molecule has 0 fully saturated rings. The smallest absolute Gasteiger partial charge is 0.214 e. The number of carbonyl (C=O) groups excluding carboxylic acids is 1. The molecule has 0 aliphatic heterocycles. The van der Waals surface area contributed by atoms with Gasteiger partial charge in [-0.3, -0.25) is 9.89 Å². The van der Waals surface area contributed by atoms with Crippen LogP contribution in [0, 0.1) is 0 Å². The summed E-state index contributed by atoms with van der Waals surface area (Å²) in [5, 5.41) is 6.17. The van der Waals surface area contributed by atoms with Crippen molar-refractivity contribution in [1.82, 2.24) is 10.2 Å². The molecule has 0 spiro atoms. The lowest BCUT2D eigenvalue weighted by molar-refractivity contribution is 0.0851. The standard InChI is InChI=1S/C7H7FN2O/c8-5-2-1-4-3-9-10-6(4)7(5)11/h3,5H,1-2H2,(H,9,10). The molecule has 1 N–H and O–H groups in total. The van der Waals surface area contributed by atoms with Gasteiger partial charge in [0, 0.05) is 5.56 Å². The number of nitrogens with zero attached hydrogens (tertiary/aromatic N) is 1. The molecule has 1 aromatic heterocycles. The summed E-state index contributed by atoms with van der Waals surface area (Å²) in [5.74, 6) is -0.455. The molecular weight excluding hydrogens is 147 g/mol. The predicted octanol–water partition coefficient (Wildman–Crippen LogP) is 0.877. The minimum atomic E-state index is -1.33. The second-order valence-electron chi connectivity index (χ2n) is 2.64. The van der Waals surface area contributed by atoms with Gasteiger partial charge in [0.25, 0.3) is 0 Å². The van der Waals surface area contributed by atoms with Gasteiger partial charge in [0.2, 0.25) is 5.78 Å². The fourth-order valence-corrected chi connectivity index (χ4v) is 1.28. The molecule has 3 nitrogen and oxygen atoms in total. The Morgan fingerprint density at radius 3 is 3.36 bits per heavy atom.